The maximum Gasteiger partial charge on any atom is 0.253 e. The number of carbonyl (C=O) groups excluding carboxylic acids is 1. The van der Waals surface area contributed by atoms with Gasteiger partial charge in [0.05, 0.1) is 29.0 Å². The van der Waals surface area contributed by atoms with Crippen LogP contribution in [0.3, 0.4) is 0 Å². The second-order valence-corrected chi connectivity index (χ2v) is 9.02. The van der Waals surface area contributed by atoms with Crippen LogP contribution in [0.4, 0.5) is 0 Å². The van der Waals surface area contributed by atoms with Gasteiger partial charge < -0.3 is 5.32 Å². The van der Waals surface area contributed by atoms with E-state index in [1.807, 2.05) is 42.5 Å². The zero-order valence-corrected chi connectivity index (χ0v) is 19.2. The van der Waals surface area contributed by atoms with Gasteiger partial charge in [-0.3, -0.25) is 18.7 Å². The predicted molar refractivity (Wildman–Crippen MR) is 133 cm³/mol. The number of nitrogens with zero attached hydrogens (tertiary/aromatic N) is 4. The molecule has 0 saturated carbocycles. The van der Waals surface area contributed by atoms with Crippen LogP contribution in [0.1, 0.15) is 16.1 Å². The molecule has 4 aromatic heterocycles. The van der Waals surface area contributed by atoms with Crippen LogP contribution < -0.4 is 5.32 Å². The van der Waals surface area contributed by atoms with E-state index in [0.717, 1.165) is 33.3 Å². The summed E-state index contributed by atoms with van der Waals surface area (Å²) in [5.74, 6) is -0.249. The molecule has 5 rings (SSSR count). The number of nitrogens with one attached hydrogen (secondary N) is 1. The van der Waals surface area contributed by atoms with E-state index in [-0.39, 0.29) is 12.5 Å². The summed E-state index contributed by atoms with van der Waals surface area (Å²) in [6, 6.07) is 19.7. The van der Waals surface area contributed by atoms with E-state index < -0.39 is 11.0 Å². The van der Waals surface area contributed by atoms with Gasteiger partial charge in [0.15, 0.2) is 0 Å². The minimum atomic E-state index is -1.20. The van der Waals surface area contributed by atoms with E-state index >= 15 is 0 Å². The topological polar surface area (TPSA) is 89.8 Å². The number of aromatic nitrogens is 4. The van der Waals surface area contributed by atoms with Crippen LogP contribution in [0.2, 0.25) is 0 Å². The Kier molecular flexibility index (Phi) is 5.97. The molecule has 1 N–H and O–H groups in total. The molecule has 0 radical (unpaired) electrons. The SMILES string of the molecule is CS(=O)n1ccc(C(=O)NCc2cc3nc(-c4cccc(-c5ccncc5)c4)ccc3cn2)c1. The zero-order valence-electron chi connectivity index (χ0n) is 18.4. The fourth-order valence-corrected chi connectivity index (χ4v) is 4.16. The Hall–Kier alpha value is -4.17. The van der Waals surface area contributed by atoms with Crippen LogP contribution in [-0.2, 0) is 17.5 Å². The van der Waals surface area contributed by atoms with Crippen molar-refractivity contribution in [1.82, 2.24) is 24.2 Å². The van der Waals surface area contributed by atoms with E-state index in [4.69, 9.17) is 4.98 Å². The van der Waals surface area contributed by atoms with Crippen molar-refractivity contribution < 1.29 is 9.00 Å². The van der Waals surface area contributed by atoms with Crippen LogP contribution in [-0.4, -0.2) is 35.3 Å². The highest BCUT2D eigenvalue weighted by atomic mass is 32.2. The van der Waals surface area contributed by atoms with E-state index in [1.165, 1.54) is 3.97 Å². The Bertz CT molecular complexity index is 1510. The average molecular weight is 468 g/mol. The first-order valence-electron chi connectivity index (χ1n) is 10.6. The Morgan fingerprint density at radius 1 is 1.00 bits per heavy atom. The third-order valence-corrected chi connectivity index (χ3v) is 6.28. The molecule has 0 fully saturated rings. The van der Waals surface area contributed by atoms with Crippen LogP contribution in [0.5, 0.6) is 0 Å². The summed E-state index contributed by atoms with van der Waals surface area (Å²) in [6.45, 7) is 0.263. The Morgan fingerprint density at radius 3 is 2.62 bits per heavy atom. The lowest BCUT2D eigenvalue weighted by Gasteiger charge is -2.08. The molecule has 7 nitrogen and oxygen atoms in total. The van der Waals surface area contributed by atoms with Gasteiger partial charge >= 0.3 is 0 Å². The number of benzene rings is 1. The molecule has 0 bridgehead atoms. The van der Waals surface area contributed by atoms with Crippen LogP contribution in [0.15, 0.2) is 91.6 Å². The second-order valence-electron chi connectivity index (χ2n) is 7.75. The molecular weight excluding hydrogens is 446 g/mol. The second kappa shape index (κ2) is 9.36. The average Bonchev–Trinajstić information content (AvgIpc) is 3.38. The van der Waals surface area contributed by atoms with E-state index in [1.54, 1.807) is 43.3 Å². The van der Waals surface area contributed by atoms with Gasteiger partial charge in [-0.25, -0.2) is 9.19 Å². The lowest BCUT2D eigenvalue weighted by molar-refractivity contribution is 0.0950. The van der Waals surface area contributed by atoms with Crippen LogP contribution in [0, 0.1) is 0 Å². The molecule has 1 amide bonds. The molecule has 0 aliphatic heterocycles. The summed E-state index contributed by atoms with van der Waals surface area (Å²) < 4.78 is 13.0. The highest BCUT2D eigenvalue weighted by molar-refractivity contribution is 7.82. The summed E-state index contributed by atoms with van der Waals surface area (Å²) >= 11 is 0. The Morgan fingerprint density at radius 2 is 1.82 bits per heavy atom. The number of rotatable bonds is 6. The molecule has 1 aromatic carbocycles. The normalized spacial score (nSPS) is 11.9. The number of pyridine rings is 3. The molecule has 168 valence electrons. The Labute approximate surface area is 199 Å². The molecule has 1 atom stereocenters. The van der Waals surface area contributed by atoms with E-state index in [0.29, 0.717) is 11.3 Å². The van der Waals surface area contributed by atoms with Gasteiger partial charge in [0.2, 0.25) is 0 Å². The van der Waals surface area contributed by atoms with Crippen molar-refractivity contribution in [3.63, 3.8) is 0 Å². The van der Waals surface area contributed by atoms with E-state index in [2.05, 4.69) is 27.4 Å². The minimum Gasteiger partial charge on any atom is -0.346 e. The molecule has 1 unspecified atom stereocenters. The molecular formula is C26H21N5O2S. The monoisotopic (exact) mass is 467 g/mol. The molecule has 4 heterocycles. The number of carbonyl (C=O) groups is 1. The summed E-state index contributed by atoms with van der Waals surface area (Å²) in [6.07, 6.45) is 10.1. The molecule has 0 aliphatic rings. The highest BCUT2D eigenvalue weighted by Gasteiger charge is 2.10. The minimum absolute atomic E-state index is 0.249. The third kappa shape index (κ3) is 4.62. The van der Waals surface area contributed by atoms with Gasteiger partial charge in [0, 0.05) is 48.2 Å². The number of fused-ring (bicyclic) bond motifs is 1. The van der Waals surface area contributed by atoms with Crippen molar-refractivity contribution in [2.75, 3.05) is 6.26 Å². The predicted octanol–water partition coefficient (Wildman–Crippen LogP) is 4.23. The van der Waals surface area contributed by atoms with Gasteiger partial charge in [-0.15, -0.1) is 0 Å². The van der Waals surface area contributed by atoms with Crippen molar-refractivity contribution in [3.8, 4) is 22.4 Å². The molecule has 0 saturated heterocycles. The first-order chi connectivity index (χ1) is 16.6. The van der Waals surface area contributed by atoms with Crippen molar-refractivity contribution in [2.24, 2.45) is 0 Å². The first-order valence-corrected chi connectivity index (χ1v) is 12.1. The van der Waals surface area contributed by atoms with E-state index in [9.17, 15) is 9.00 Å². The fraction of sp³-hybridized carbons (Fsp3) is 0.0769. The molecule has 8 heteroatoms. The van der Waals surface area contributed by atoms with Gasteiger partial charge in [-0.1, -0.05) is 18.2 Å². The van der Waals surface area contributed by atoms with Gasteiger partial charge in [0.1, 0.15) is 11.0 Å². The third-order valence-electron chi connectivity index (χ3n) is 5.46. The highest BCUT2D eigenvalue weighted by Crippen LogP contribution is 2.26. The maximum atomic E-state index is 12.4. The lowest BCUT2D eigenvalue weighted by Crippen LogP contribution is -2.23. The fourth-order valence-electron chi connectivity index (χ4n) is 3.66. The quantitative estimate of drug-likeness (QED) is 0.404. The van der Waals surface area contributed by atoms with Crippen molar-refractivity contribution in [3.05, 3.63) is 103 Å². The number of amides is 1. The maximum absolute atomic E-state index is 12.4. The molecule has 0 aliphatic carbocycles. The van der Waals surface area contributed by atoms with Crippen LogP contribution >= 0.6 is 0 Å². The van der Waals surface area contributed by atoms with Crippen molar-refractivity contribution in [2.45, 2.75) is 6.54 Å². The summed E-state index contributed by atoms with van der Waals surface area (Å²) in [5.41, 5.74) is 6.03. The smallest absolute Gasteiger partial charge is 0.253 e. The summed E-state index contributed by atoms with van der Waals surface area (Å²) in [7, 11) is -1.20. The van der Waals surface area contributed by atoms with Crippen LogP contribution in [0.25, 0.3) is 33.3 Å². The zero-order chi connectivity index (χ0) is 23.5. The van der Waals surface area contributed by atoms with Gasteiger partial charge in [0.25, 0.3) is 5.91 Å². The van der Waals surface area contributed by atoms with Crippen molar-refractivity contribution in [1.29, 1.82) is 0 Å². The summed E-state index contributed by atoms with van der Waals surface area (Å²) in [4.78, 5) is 25.8. The number of hydrogen-bond donors (Lipinski definition) is 1. The standard InChI is InChI=1S/C26H21N5O2S/c1-34(33)31-12-9-22(17-31)26(32)29-16-23-14-25-21(15-28-23)5-6-24(30-25)20-4-2-3-19(13-20)18-7-10-27-11-8-18/h2-15,17H,16H2,1H3,(H,29,32). The Balaban J connectivity index is 1.36. The first kappa shape index (κ1) is 21.7. The molecule has 34 heavy (non-hydrogen) atoms. The van der Waals surface area contributed by atoms with Gasteiger partial charge in [-0.05, 0) is 53.6 Å². The molecule has 0 spiro atoms. The molecule has 5 aromatic rings. The van der Waals surface area contributed by atoms with Gasteiger partial charge in [-0.2, -0.15) is 0 Å². The summed E-state index contributed by atoms with van der Waals surface area (Å²) in [5, 5.41) is 3.78. The van der Waals surface area contributed by atoms with Crippen molar-refractivity contribution >= 4 is 27.8 Å². The number of hydrogen-bond acceptors (Lipinski definition) is 5. The largest absolute Gasteiger partial charge is 0.346 e. The lowest BCUT2D eigenvalue weighted by atomic mass is 10.0.